The molecule has 0 saturated carbocycles. The first kappa shape index (κ1) is 22.9. The van der Waals surface area contributed by atoms with Gasteiger partial charge in [0.1, 0.15) is 23.3 Å². The Balaban J connectivity index is 1.98. The Labute approximate surface area is 190 Å². The van der Waals surface area contributed by atoms with Crippen LogP contribution in [0.2, 0.25) is 0 Å². The molecule has 2 heterocycles. The molecule has 0 amide bonds. The van der Waals surface area contributed by atoms with E-state index in [1.54, 1.807) is 42.7 Å². The van der Waals surface area contributed by atoms with Gasteiger partial charge in [0.25, 0.3) is 5.56 Å². The molecular weight excluding hydrogens is 453 g/mol. The number of hydrogen-bond acceptors (Lipinski definition) is 3. The zero-order valence-corrected chi connectivity index (χ0v) is 17.3. The highest BCUT2D eigenvalue weighted by molar-refractivity contribution is 5.72. The van der Waals surface area contributed by atoms with Gasteiger partial charge in [0.05, 0.1) is 17.8 Å². The maximum atomic E-state index is 14.3. The number of aromatic nitrogens is 2. The lowest BCUT2D eigenvalue weighted by atomic mass is 10.00. The van der Waals surface area contributed by atoms with Crippen LogP contribution in [0.25, 0.3) is 22.4 Å². The molecule has 2 aromatic heterocycles. The quantitative estimate of drug-likeness (QED) is 0.357. The second kappa shape index (κ2) is 8.90. The minimum absolute atomic E-state index is 0.128. The molecule has 0 spiro atoms. The largest absolute Gasteiger partial charge is 0.417 e. The summed E-state index contributed by atoms with van der Waals surface area (Å²) in [6.45, 7) is -0.510. The monoisotopic (exact) mass is 467 g/mol. The van der Waals surface area contributed by atoms with Crippen LogP contribution >= 0.6 is 0 Å². The summed E-state index contributed by atoms with van der Waals surface area (Å²) in [5.74, 6) is -1.82. The molecule has 4 rings (SSSR count). The standard InChI is InChI=1S/C25H14F5N3O/c26-19-7-6-18(22(27)10-19)14-33-23(11-21(25(28,29)30)20(12-31)24(33)34)16-4-1-3-15(9-16)17-5-2-8-32-13-17/h1-11,13H,14H2. The van der Waals surface area contributed by atoms with E-state index in [1.807, 2.05) is 0 Å². The molecule has 0 unspecified atom stereocenters. The first-order valence-electron chi connectivity index (χ1n) is 9.89. The van der Waals surface area contributed by atoms with Crippen molar-refractivity contribution in [2.24, 2.45) is 0 Å². The molecule has 0 aliphatic carbocycles. The molecule has 170 valence electrons. The van der Waals surface area contributed by atoms with Gasteiger partial charge in [-0.2, -0.15) is 18.4 Å². The highest BCUT2D eigenvalue weighted by atomic mass is 19.4. The molecule has 4 nitrogen and oxygen atoms in total. The smallest absolute Gasteiger partial charge is 0.303 e. The molecule has 2 aromatic carbocycles. The molecule has 0 fully saturated rings. The van der Waals surface area contributed by atoms with Crippen LogP contribution in [0.15, 0.2) is 77.9 Å². The molecule has 0 atom stereocenters. The summed E-state index contributed by atoms with van der Waals surface area (Å²) in [5.41, 5.74) is -2.50. The zero-order valence-electron chi connectivity index (χ0n) is 17.3. The second-order valence-electron chi connectivity index (χ2n) is 7.38. The fourth-order valence-electron chi connectivity index (χ4n) is 3.59. The third kappa shape index (κ3) is 4.43. The van der Waals surface area contributed by atoms with Gasteiger partial charge in [-0.05, 0) is 35.4 Å². The predicted octanol–water partition coefficient (Wildman–Crippen LogP) is 5.79. The van der Waals surface area contributed by atoms with Crippen molar-refractivity contribution in [1.82, 2.24) is 9.55 Å². The van der Waals surface area contributed by atoms with Crippen LogP contribution in [0.5, 0.6) is 0 Å². The number of nitrogens with zero attached hydrogens (tertiary/aromatic N) is 3. The van der Waals surface area contributed by atoms with Crippen molar-refractivity contribution in [3.05, 3.63) is 112 Å². The summed E-state index contributed by atoms with van der Waals surface area (Å²) < 4.78 is 69.7. The van der Waals surface area contributed by atoms with E-state index in [0.29, 0.717) is 23.3 Å². The maximum absolute atomic E-state index is 14.3. The van der Waals surface area contributed by atoms with Crippen molar-refractivity contribution >= 4 is 0 Å². The van der Waals surface area contributed by atoms with Crippen molar-refractivity contribution in [3.63, 3.8) is 0 Å². The molecular formula is C25H14F5N3O. The summed E-state index contributed by atoms with van der Waals surface area (Å²) in [5, 5.41) is 9.30. The predicted molar refractivity (Wildman–Crippen MR) is 115 cm³/mol. The Kier molecular flexibility index (Phi) is 5.99. The van der Waals surface area contributed by atoms with Gasteiger partial charge in [-0.25, -0.2) is 8.78 Å². The summed E-state index contributed by atoms with van der Waals surface area (Å²) in [6.07, 6.45) is -1.83. The number of nitriles is 1. The molecule has 0 aliphatic rings. The summed E-state index contributed by atoms with van der Waals surface area (Å²) in [7, 11) is 0. The van der Waals surface area contributed by atoms with Gasteiger partial charge in [0.15, 0.2) is 0 Å². The topological polar surface area (TPSA) is 58.7 Å². The Hall–Kier alpha value is -4.32. The Bertz CT molecular complexity index is 1470. The Morgan fingerprint density at radius 3 is 2.32 bits per heavy atom. The molecule has 0 aliphatic heterocycles. The van der Waals surface area contributed by atoms with Crippen molar-refractivity contribution in [2.45, 2.75) is 12.7 Å². The molecule has 0 N–H and O–H groups in total. The zero-order chi connectivity index (χ0) is 24.5. The van der Waals surface area contributed by atoms with Crippen LogP contribution in [-0.2, 0) is 12.7 Å². The molecule has 0 bridgehead atoms. The van der Waals surface area contributed by atoms with Crippen LogP contribution in [0.3, 0.4) is 0 Å². The average Bonchev–Trinajstić information content (AvgIpc) is 2.81. The van der Waals surface area contributed by atoms with Crippen LogP contribution in [0.1, 0.15) is 16.7 Å². The fourth-order valence-corrected chi connectivity index (χ4v) is 3.59. The third-order valence-corrected chi connectivity index (χ3v) is 5.21. The van der Waals surface area contributed by atoms with Crippen molar-refractivity contribution in [3.8, 4) is 28.5 Å². The van der Waals surface area contributed by atoms with E-state index in [4.69, 9.17) is 0 Å². The van der Waals surface area contributed by atoms with Gasteiger partial charge in [-0.15, -0.1) is 0 Å². The Morgan fingerprint density at radius 1 is 0.941 bits per heavy atom. The minimum Gasteiger partial charge on any atom is -0.303 e. The normalized spacial score (nSPS) is 11.3. The minimum atomic E-state index is -4.97. The number of halogens is 5. The van der Waals surface area contributed by atoms with Crippen LogP contribution in [0.4, 0.5) is 22.0 Å². The van der Waals surface area contributed by atoms with Crippen molar-refractivity contribution < 1.29 is 22.0 Å². The molecule has 0 saturated heterocycles. The maximum Gasteiger partial charge on any atom is 0.417 e. The summed E-state index contributed by atoms with van der Waals surface area (Å²) in [6, 6.07) is 14.5. The van der Waals surface area contributed by atoms with Gasteiger partial charge < -0.3 is 4.57 Å². The SMILES string of the molecule is N#Cc1c(C(F)(F)F)cc(-c2cccc(-c3cccnc3)c2)n(Cc2ccc(F)cc2F)c1=O. The molecule has 4 aromatic rings. The highest BCUT2D eigenvalue weighted by Crippen LogP contribution is 2.34. The average molecular weight is 467 g/mol. The van der Waals surface area contributed by atoms with E-state index in [1.165, 1.54) is 12.1 Å². The van der Waals surface area contributed by atoms with E-state index in [9.17, 15) is 32.0 Å². The number of alkyl halides is 3. The lowest BCUT2D eigenvalue weighted by Crippen LogP contribution is -2.29. The van der Waals surface area contributed by atoms with Crippen LogP contribution < -0.4 is 5.56 Å². The molecule has 0 radical (unpaired) electrons. The lowest BCUT2D eigenvalue weighted by molar-refractivity contribution is -0.137. The van der Waals surface area contributed by atoms with Crippen LogP contribution in [-0.4, -0.2) is 9.55 Å². The fraction of sp³-hybridized carbons (Fsp3) is 0.0800. The second-order valence-corrected chi connectivity index (χ2v) is 7.38. The summed E-state index contributed by atoms with van der Waals surface area (Å²) in [4.78, 5) is 17.1. The molecule has 9 heteroatoms. The summed E-state index contributed by atoms with van der Waals surface area (Å²) >= 11 is 0. The van der Waals surface area contributed by atoms with Crippen molar-refractivity contribution in [2.75, 3.05) is 0 Å². The number of rotatable bonds is 4. The number of benzene rings is 2. The van der Waals surface area contributed by atoms with Crippen LogP contribution in [0, 0.1) is 23.0 Å². The van der Waals surface area contributed by atoms with Gasteiger partial charge in [-0.1, -0.05) is 30.3 Å². The first-order chi connectivity index (χ1) is 16.2. The third-order valence-electron chi connectivity index (χ3n) is 5.21. The van der Waals surface area contributed by atoms with E-state index < -0.39 is 41.0 Å². The Morgan fingerprint density at radius 2 is 1.68 bits per heavy atom. The van der Waals surface area contributed by atoms with E-state index in [2.05, 4.69) is 4.98 Å². The lowest BCUT2D eigenvalue weighted by Gasteiger charge is -2.18. The van der Waals surface area contributed by atoms with Gasteiger partial charge >= 0.3 is 6.18 Å². The van der Waals surface area contributed by atoms with E-state index in [-0.39, 0.29) is 16.8 Å². The van der Waals surface area contributed by atoms with Gasteiger partial charge in [0.2, 0.25) is 0 Å². The van der Waals surface area contributed by atoms with Gasteiger partial charge in [-0.3, -0.25) is 9.78 Å². The first-order valence-corrected chi connectivity index (χ1v) is 9.89. The molecule has 34 heavy (non-hydrogen) atoms. The number of hydrogen-bond donors (Lipinski definition) is 0. The van der Waals surface area contributed by atoms with E-state index >= 15 is 0 Å². The van der Waals surface area contributed by atoms with E-state index in [0.717, 1.165) is 16.7 Å². The van der Waals surface area contributed by atoms with Gasteiger partial charge in [0, 0.05) is 29.6 Å². The number of pyridine rings is 2. The highest BCUT2D eigenvalue weighted by Gasteiger charge is 2.36. The van der Waals surface area contributed by atoms with Crippen molar-refractivity contribution in [1.29, 1.82) is 5.26 Å².